The minimum atomic E-state index is -1.16. The Bertz CT molecular complexity index is 1230. The summed E-state index contributed by atoms with van der Waals surface area (Å²) >= 11 is 0. The van der Waals surface area contributed by atoms with E-state index in [1.54, 1.807) is 24.3 Å². The minimum absolute atomic E-state index is 0.129. The molecule has 0 fully saturated rings. The molecule has 0 aliphatic rings. The second-order valence-corrected chi connectivity index (χ2v) is 6.92. The van der Waals surface area contributed by atoms with Crippen molar-refractivity contribution in [2.24, 2.45) is 0 Å². The minimum Gasteiger partial charge on any atom is -0.480 e. The van der Waals surface area contributed by atoms with Gasteiger partial charge < -0.3 is 27.2 Å². The molecule has 0 unspecified atom stereocenters. The lowest BCUT2D eigenvalue weighted by Crippen LogP contribution is -2.42. The number of carboxylic acids is 1. The zero-order valence-electron chi connectivity index (χ0n) is 17.2. The summed E-state index contributed by atoms with van der Waals surface area (Å²) in [4.78, 5) is 53.9. The number of aromatic amines is 1. The van der Waals surface area contributed by atoms with Gasteiger partial charge in [-0.15, -0.1) is 0 Å². The van der Waals surface area contributed by atoms with Crippen LogP contribution in [0, 0.1) is 0 Å². The molecule has 2 aromatic carbocycles. The molecule has 9 N–H and O–H groups in total. The maximum atomic E-state index is 12.5. The van der Waals surface area contributed by atoms with Crippen molar-refractivity contribution in [3.8, 4) is 0 Å². The van der Waals surface area contributed by atoms with Crippen LogP contribution >= 0.6 is 0 Å². The summed E-state index contributed by atoms with van der Waals surface area (Å²) in [6, 6.07) is 12.8. The molecular weight excluding hydrogens is 430 g/mol. The third-order valence-electron chi connectivity index (χ3n) is 4.50. The highest BCUT2D eigenvalue weighted by atomic mass is 16.4. The molecular formula is C21H21N7O5. The second-order valence-electron chi connectivity index (χ2n) is 6.92. The van der Waals surface area contributed by atoms with Gasteiger partial charge in [0.05, 0.1) is 0 Å². The second kappa shape index (κ2) is 9.96. The third kappa shape index (κ3) is 6.07. The van der Waals surface area contributed by atoms with E-state index in [-0.39, 0.29) is 29.4 Å². The van der Waals surface area contributed by atoms with Gasteiger partial charge in [0, 0.05) is 17.7 Å². The molecule has 0 radical (unpaired) electrons. The van der Waals surface area contributed by atoms with Crippen LogP contribution in [-0.4, -0.2) is 39.0 Å². The molecule has 1 aromatic heterocycles. The van der Waals surface area contributed by atoms with Gasteiger partial charge in [-0.2, -0.15) is 4.98 Å². The van der Waals surface area contributed by atoms with Gasteiger partial charge in [-0.3, -0.25) is 19.9 Å². The molecule has 0 aliphatic heterocycles. The predicted octanol–water partition coefficient (Wildman–Crippen LogP) is 1.00. The van der Waals surface area contributed by atoms with Crippen LogP contribution in [0.3, 0.4) is 0 Å². The smallest absolute Gasteiger partial charge is 0.326 e. The summed E-state index contributed by atoms with van der Waals surface area (Å²) in [6.07, 6.45) is 0.129. The van der Waals surface area contributed by atoms with E-state index in [1.165, 1.54) is 24.3 Å². The molecule has 0 bridgehead atoms. The lowest BCUT2D eigenvalue weighted by Gasteiger charge is -2.15. The number of amides is 3. The average Bonchev–Trinajstić information content (AvgIpc) is 2.77. The summed E-state index contributed by atoms with van der Waals surface area (Å²) in [5.41, 5.74) is 11.2. The molecule has 0 saturated heterocycles. The van der Waals surface area contributed by atoms with Crippen LogP contribution in [0.15, 0.2) is 59.4 Å². The van der Waals surface area contributed by atoms with E-state index in [9.17, 15) is 24.3 Å². The van der Waals surface area contributed by atoms with Crippen LogP contribution in [-0.2, 0) is 11.2 Å². The van der Waals surface area contributed by atoms with Crippen molar-refractivity contribution in [2.75, 3.05) is 22.1 Å². The molecule has 3 amide bonds. The average molecular weight is 451 g/mol. The van der Waals surface area contributed by atoms with Gasteiger partial charge >= 0.3 is 12.0 Å². The standard InChI is InChI=1S/C21H21N7O5/c22-16-15(18(30)28-20(23)27-16)26-21(33)24-13-8-6-12(7-9-13)17(29)25-14(19(31)32)10-11-4-2-1-3-5-11/h1-9,14H,10H2,(H,25,29)(H,31,32)(H2,24,26,33)(H5,22,23,27,28,30)/t14-/m0/s1. The van der Waals surface area contributed by atoms with Crippen LogP contribution in [0.5, 0.6) is 0 Å². The number of rotatable bonds is 7. The van der Waals surface area contributed by atoms with E-state index in [1.807, 2.05) is 6.07 Å². The number of carboxylic acid groups (broad SMARTS) is 1. The topological polar surface area (TPSA) is 205 Å². The van der Waals surface area contributed by atoms with E-state index in [2.05, 4.69) is 25.9 Å². The number of urea groups is 1. The molecule has 33 heavy (non-hydrogen) atoms. The van der Waals surface area contributed by atoms with Gasteiger partial charge in [-0.1, -0.05) is 30.3 Å². The number of aromatic nitrogens is 2. The van der Waals surface area contributed by atoms with Gasteiger partial charge in [0.2, 0.25) is 5.95 Å². The Morgan fingerprint density at radius 3 is 2.27 bits per heavy atom. The number of hydrogen-bond donors (Lipinski definition) is 7. The SMILES string of the molecule is Nc1nc(N)c(NC(=O)Nc2ccc(C(=O)N[C@@H](Cc3ccccc3)C(=O)O)cc2)c(=O)[nH]1. The Morgan fingerprint density at radius 2 is 1.67 bits per heavy atom. The first-order chi connectivity index (χ1) is 15.7. The van der Waals surface area contributed by atoms with Crippen LogP contribution in [0.1, 0.15) is 15.9 Å². The summed E-state index contributed by atoms with van der Waals surface area (Å²) in [5, 5.41) is 16.7. The zero-order valence-corrected chi connectivity index (χ0v) is 17.2. The summed E-state index contributed by atoms with van der Waals surface area (Å²) in [7, 11) is 0. The Balaban J connectivity index is 1.62. The van der Waals surface area contributed by atoms with Crippen molar-refractivity contribution >= 4 is 41.0 Å². The zero-order chi connectivity index (χ0) is 24.0. The van der Waals surface area contributed by atoms with E-state index in [4.69, 9.17) is 11.5 Å². The Hall–Kier alpha value is -4.87. The van der Waals surface area contributed by atoms with Gasteiger partial charge in [-0.05, 0) is 29.8 Å². The Labute approximate surface area is 187 Å². The van der Waals surface area contributed by atoms with Gasteiger partial charge in [-0.25, -0.2) is 9.59 Å². The van der Waals surface area contributed by atoms with Crippen LogP contribution in [0.2, 0.25) is 0 Å². The molecule has 12 heteroatoms. The summed E-state index contributed by atoms with van der Waals surface area (Å²) in [6.45, 7) is 0. The number of hydrogen-bond acceptors (Lipinski definition) is 7. The van der Waals surface area contributed by atoms with Crippen molar-refractivity contribution in [2.45, 2.75) is 12.5 Å². The van der Waals surface area contributed by atoms with E-state index in [0.717, 1.165) is 5.56 Å². The first kappa shape index (κ1) is 22.8. The Morgan fingerprint density at radius 1 is 1.00 bits per heavy atom. The van der Waals surface area contributed by atoms with E-state index in [0.29, 0.717) is 5.69 Å². The number of benzene rings is 2. The van der Waals surface area contributed by atoms with Crippen molar-refractivity contribution in [1.82, 2.24) is 15.3 Å². The quantitative estimate of drug-likeness (QED) is 0.275. The maximum absolute atomic E-state index is 12.5. The number of nitrogens with zero attached hydrogens (tertiary/aromatic N) is 1. The number of H-pyrrole nitrogens is 1. The lowest BCUT2D eigenvalue weighted by atomic mass is 10.1. The van der Waals surface area contributed by atoms with Crippen molar-refractivity contribution in [1.29, 1.82) is 0 Å². The molecule has 3 aromatic rings. The fourth-order valence-electron chi connectivity index (χ4n) is 2.90. The third-order valence-corrected chi connectivity index (χ3v) is 4.50. The number of nitrogens with two attached hydrogens (primary N) is 2. The molecule has 3 rings (SSSR count). The first-order valence-corrected chi connectivity index (χ1v) is 9.64. The van der Waals surface area contributed by atoms with Crippen LogP contribution in [0.25, 0.3) is 0 Å². The monoisotopic (exact) mass is 451 g/mol. The normalized spacial score (nSPS) is 11.3. The number of anilines is 4. The fraction of sp³-hybridized carbons (Fsp3) is 0.0952. The van der Waals surface area contributed by atoms with Gasteiger partial charge in [0.15, 0.2) is 11.5 Å². The predicted molar refractivity (Wildman–Crippen MR) is 122 cm³/mol. The number of carbonyl (C=O) groups is 3. The molecule has 12 nitrogen and oxygen atoms in total. The molecule has 170 valence electrons. The largest absolute Gasteiger partial charge is 0.480 e. The molecule has 1 atom stereocenters. The number of nitrogen functional groups attached to an aromatic ring is 2. The highest BCUT2D eigenvalue weighted by molar-refractivity contribution is 6.02. The number of aliphatic carboxylic acids is 1. The highest BCUT2D eigenvalue weighted by Crippen LogP contribution is 2.13. The molecule has 0 aliphatic carbocycles. The highest BCUT2D eigenvalue weighted by Gasteiger charge is 2.21. The molecule has 0 spiro atoms. The summed E-state index contributed by atoms with van der Waals surface area (Å²) in [5.74, 6) is -2.18. The lowest BCUT2D eigenvalue weighted by molar-refractivity contribution is -0.139. The van der Waals surface area contributed by atoms with Crippen molar-refractivity contribution in [3.63, 3.8) is 0 Å². The van der Waals surface area contributed by atoms with Crippen molar-refractivity contribution in [3.05, 3.63) is 76.1 Å². The van der Waals surface area contributed by atoms with E-state index >= 15 is 0 Å². The van der Waals surface area contributed by atoms with Gasteiger partial charge in [0.25, 0.3) is 11.5 Å². The molecule has 1 heterocycles. The Kier molecular flexibility index (Phi) is 6.88. The van der Waals surface area contributed by atoms with Gasteiger partial charge in [0.1, 0.15) is 6.04 Å². The van der Waals surface area contributed by atoms with Crippen molar-refractivity contribution < 1.29 is 19.5 Å². The number of carbonyl (C=O) groups excluding carboxylic acids is 2. The summed E-state index contributed by atoms with van der Waals surface area (Å²) < 4.78 is 0. The van der Waals surface area contributed by atoms with Crippen LogP contribution < -0.4 is 33.0 Å². The maximum Gasteiger partial charge on any atom is 0.326 e. The van der Waals surface area contributed by atoms with Crippen LogP contribution in [0.4, 0.5) is 27.9 Å². The first-order valence-electron chi connectivity index (χ1n) is 9.64. The molecule has 0 saturated carbocycles. The van der Waals surface area contributed by atoms with E-state index < -0.39 is 29.5 Å². The number of nitrogens with one attached hydrogen (secondary N) is 4. The fourth-order valence-corrected chi connectivity index (χ4v) is 2.90.